The highest BCUT2D eigenvalue weighted by molar-refractivity contribution is 8.13. The van der Waals surface area contributed by atoms with Crippen LogP contribution in [0.2, 0.25) is 0 Å². The number of hydrogen-bond acceptors (Lipinski definition) is 4. The Morgan fingerprint density at radius 1 is 1.36 bits per heavy atom. The van der Waals surface area contributed by atoms with Crippen molar-refractivity contribution in [3.8, 4) is 0 Å². The SMILES string of the molecule is CC(C)C(=O)C(C)(C)C(=O)SCCN. The summed E-state index contributed by atoms with van der Waals surface area (Å²) >= 11 is 1.14. The van der Waals surface area contributed by atoms with Crippen LogP contribution in [-0.2, 0) is 9.59 Å². The van der Waals surface area contributed by atoms with Crippen LogP contribution in [-0.4, -0.2) is 23.2 Å². The van der Waals surface area contributed by atoms with Gasteiger partial charge in [-0.15, -0.1) is 0 Å². The van der Waals surface area contributed by atoms with E-state index < -0.39 is 5.41 Å². The molecule has 0 radical (unpaired) electrons. The average Bonchev–Trinajstić information content (AvgIpc) is 2.12. The Kier molecular flexibility index (Phi) is 5.37. The maximum absolute atomic E-state index is 11.7. The summed E-state index contributed by atoms with van der Waals surface area (Å²) in [6.45, 7) is 7.45. The molecule has 0 atom stereocenters. The van der Waals surface area contributed by atoms with E-state index in [1.807, 2.05) is 13.8 Å². The molecule has 0 bridgehead atoms. The van der Waals surface area contributed by atoms with E-state index in [2.05, 4.69) is 0 Å². The molecule has 0 heterocycles. The first-order chi connectivity index (χ1) is 6.34. The van der Waals surface area contributed by atoms with Crippen molar-refractivity contribution in [3.63, 3.8) is 0 Å². The molecule has 0 aliphatic rings. The zero-order valence-corrected chi connectivity index (χ0v) is 10.1. The number of carbonyl (C=O) groups is 2. The third-order valence-electron chi connectivity index (χ3n) is 2.00. The van der Waals surface area contributed by atoms with Crippen LogP contribution in [0.15, 0.2) is 0 Å². The molecular weight excluding hydrogens is 198 g/mol. The van der Waals surface area contributed by atoms with Crippen molar-refractivity contribution >= 4 is 22.7 Å². The van der Waals surface area contributed by atoms with E-state index in [0.717, 1.165) is 11.8 Å². The fourth-order valence-corrected chi connectivity index (χ4v) is 1.92. The van der Waals surface area contributed by atoms with Gasteiger partial charge in [0.05, 0.1) is 5.41 Å². The highest BCUT2D eigenvalue weighted by atomic mass is 32.2. The summed E-state index contributed by atoms with van der Waals surface area (Å²) < 4.78 is 0. The standard InChI is InChI=1S/C10H19NO2S/c1-7(2)8(12)10(3,4)9(13)14-6-5-11/h7H,5-6,11H2,1-4H3. The summed E-state index contributed by atoms with van der Waals surface area (Å²) in [5.74, 6) is 0.465. The molecule has 0 spiro atoms. The molecule has 0 aromatic heterocycles. The van der Waals surface area contributed by atoms with E-state index in [0.29, 0.717) is 12.3 Å². The van der Waals surface area contributed by atoms with Crippen molar-refractivity contribution in [1.29, 1.82) is 0 Å². The first kappa shape index (κ1) is 13.7. The monoisotopic (exact) mass is 217 g/mol. The summed E-state index contributed by atoms with van der Waals surface area (Å²) in [5.41, 5.74) is 4.42. The van der Waals surface area contributed by atoms with Crippen molar-refractivity contribution in [2.24, 2.45) is 17.1 Å². The number of nitrogens with two attached hydrogens (primary N) is 1. The van der Waals surface area contributed by atoms with Crippen LogP contribution in [0.25, 0.3) is 0 Å². The Morgan fingerprint density at radius 3 is 2.21 bits per heavy atom. The molecule has 0 unspecified atom stereocenters. The second-order valence-electron chi connectivity index (χ2n) is 4.07. The van der Waals surface area contributed by atoms with E-state index in [-0.39, 0.29) is 16.8 Å². The summed E-state index contributed by atoms with van der Waals surface area (Å²) in [7, 11) is 0. The van der Waals surface area contributed by atoms with Crippen molar-refractivity contribution in [2.75, 3.05) is 12.3 Å². The number of hydrogen-bond donors (Lipinski definition) is 1. The van der Waals surface area contributed by atoms with Gasteiger partial charge in [-0.1, -0.05) is 25.6 Å². The normalized spacial score (nSPS) is 11.9. The second kappa shape index (κ2) is 5.51. The molecule has 0 amide bonds. The Labute approximate surface area is 89.8 Å². The van der Waals surface area contributed by atoms with Gasteiger partial charge in [-0.2, -0.15) is 0 Å². The average molecular weight is 217 g/mol. The molecule has 0 aliphatic carbocycles. The zero-order valence-electron chi connectivity index (χ0n) is 9.29. The number of rotatable bonds is 5. The minimum atomic E-state index is -0.881. The van der Waals surface area contributed by atoms with Crippen LogP contribution < -0.4 is 5.73 Å². The van der Waals surface area contributed by atoms with Crippen molar-refractivity contribution in [3.05, 3.63) is 0 Å². The lowest BCUT2D eigenvalue weighted by Crippen LogP contribution is -2.35. The third kappa shape index (κ3) is 3.42. The fraction of sp³-hybridized carbons (Fsp3) is 0.800. The van der Waals surface area contributed by atoms with Crippen molar-refractivity contribution in [2.45, 2.75) is 27.7 Å². The van der Waals surface area contributed by atoms with Gasteiger partial charge in [-0.05, 0) is 13.8 Å². The summed E-state index contributed by atoms with van der Waals surface area (Å²) in [4.78, 5) is 23.4. The van der Waals surface area contributed by atoms with Gasteiger partial charge in [-0.25, -0.2) is 0 Å². The van der Waals surface area contributed by atoms with E-state index in [4.69, 9.17) is 5.73 Å². The van der Waals surface area contributed by atoms with Gasteiger partial charge < -0.3 is 5.73 Å². The summed E-state index contributed by atoms with van der Waals surface area (Å²) in [6, 6.07) is 0. The second-order valence-corrected chi connectivity index (χ2v) is 5.14. The molecule has 0 aromatic carbocycles. The largest absolute Gasteiger partial charge is 0.330 e. The molecule has 0 aromatic rings. The molecule has 0 saturated carbocycles. The minimum absolute atomic E-state index is 0.00739. The number of Topliss-reactive ketones (excluding diaryl/α,β-unsaturated/α-hetero) is 1. The first-order valence-corrected chi connectivity index (χ1v) is 5.74. The molecule has 82 valence electrons. The van der Waals surface area contributed by atoms with Gasteiger partial charge in [0.1, 0.15) is 5.78 Å². The third-order valence-corrected chi connectivity index (χ3v) is 3.21. The van der Waals surface area contributed by atoms with Crippen LogP contribution in [0.3, 0.4) is 0 Å². The van der Waals surface area contributed by atoms with Crippen LogP contribution in [0.1, 0.15) is 27.7 Å². The Bertz CT molecular complexity index is 224. The zero-order chi connectivity index (χ0) is 11.4. The van der Waals surface area contributed by atoms with Gasteiger partial charge in [0, 0.05) is 18.2 Å². The highest BCUT2D eigenvalue weighted by Gasteiger charge is 2.36. The van der Waals surface area contributed by atoms with Crippen molar-refractivity contribution < 1.29 is 9.59 Å². The Morgan fingerprint density at radius 2 is 1.86 bits per heavy atom. The molecule has 0 aliphatic heterocycles. The van der Waals surface area contributed by atoms with E-state index in [1.165, 1.54) is 0 Å². The van der Waals surface area contributed by atoms with Gasteiger partial charge in [-0.3, -0.25) is 9.59 Å². The molecule has 0 rings (SSSR count). The topological polar surface area (TPSA) is 60.2 Å². The van der Waals surface area contributed by atoms with Gasteiger partial charge >= 0.3 is 0 Å². The Hall–Kier alpha value is -0.350. The van der Waals surface area contributed by atoms with Crippen LogP contribution >= 0.6 is 11.8 Å². The van der Waals surface area contributed by atoms with Gasteiger partial charge in [0.2, 0.25) is 5.12 Å². The van der Waals surface area contributed by atoms with Gasteiger partial charge in [0.25, 0.3) is 0 Å². The van der Waals surface area contributed by atoms with E-state index in [1.54, 1.807) is 13.8 Å². The molecule has 0 saturated heterocycles. The summed E-state index contributed by atoms with van der Waals surface area (Å²) in [5, 5.41) is -0.0818. The minimum Gasteiger partial charge on any atom is -0.330 e. The molecule has 0 fully saturated rings. The lowest BCUT2D eigenvalue weighted by Gasteiger charge is -2.22. The lowest BCUT2D eigenvalue weighted by atomic mass is 9.84. The van der Waals surface area contributed by atoms with E-state index in [9.17, 15) is 9.59 Å². The van der Waals surface area contributed by atoms with Gasteiger partial charge in [0.15, 0.2) is 0 Å². The number of thioether (sulfide) groups is 1. The lowest BCUT2D eigenvalue weighted by molar-refractivity contribution is -0.136. The maximum Gasteiger partial charge on any atom is 0.201 e. The highest BCUT2D eigenvalue weighted by Crippen LogP contribution is 2.27. The van der Waals surface area contributed by atoms with Crippen LogP contribution in [0.4, 0.5) is 0 Å². The molecule has 4 heteroatoms. The Balaban J connectivity index is 4.44. The first-order valence-electron chi connectivity index (χ1n) is 4.75. The number of carbonyl (C=O) groups excluding carboxylic acids is 2. The molecule has 14 heavy (non-hydrogen) atoms. The predicted molar refractivity (Wildman–Crippen MR) is 60.1 cm³/mol. The maximum atomic E-state index is 11.7. The quantitative estimate of drug-likeness (QED) is 0.708. The molecule has 2 N–H and O–H groups in total. The van der Waals surface area contributed by atoms with E-state index >= 15 is 0 Å². The smallest absolute Gasteiger partial charge is 0.201 e. The van der Waals surface area contributed by atoms with Crippen LogP contribution in [0, 0.1) is 11.3 Å². The summed E-state index contributed by atoms with van der Waals surface area (Å²) in [6.07, 6.45) is 0. The van der Waals surface area contributed by atoms with Crippen LogP contribution in [0.5, 0.6) is 0 Å². The van der Waals surface area contributed by atoms with Crippen molar-refractivity contribution in [1.82, 2.24) is 0 Å². The number of ketones is 1. The molecular formula is C10H19NO2S. The predicted octanol–water partition coefficient (Wildman–Crippen LogP) is 1.46. The fourth-order valence-electron chi connectivity index (χ4n) is 1.15. The molecule has 3 nitrogen and oxygen atoms in total.